The van der Waals surface area contributed by atoms with Crippen LogP contribution in [0.3, 0.4) is 0 Å². The topological polar surface area (TPSA) is 90.2 Å². The molecule has 5 heteroatoms. The zero-order chi connectivity index (χ0) is 9.80. The highest BCUT2D eigenvalue weighted by Crippen LogP contribution is 2.52. The van der Waals surface area contributed by atoms with Gasteiger partial charge in [0.25, 0.3) is 0 Å². The molecule has 2 aliphatic rings. The van der Waals surface area contributed by atoms with E-state index in [2.05, 4.69) is 0 Å². The van der Waals surface area contributed by atoms with Crippen LogP contribution in [0, 0.1) is 11.8 Å². The van der Waals surface area contributed by atoms with E-state index in [4.69, 9.17) is 9.84 Å². The van der Waals surface area contributed by atoms with Crippen molar-refractivity contribution in [1.82, 2.24) is 0 Å². The molecule has 0 radical (unpaired) electrons. The second kappa shape index (κ2) is 2.65. The van der Waals surface area contributed by atoms with E-state index in [-0.39, 0.29) is 6.10 Å². The van der Waals surface area contributed by atoms with Crippen LogP contribution in [-0.4, -0.2) is 51.1 Å². The van der Waals surface area contributed by atoms with Gasteiger partial charge in [0.05, 0.1) is 36.8 Å². The summed E-state index contributed by atoms with van der Waals surface area (Å²) < 4.78 is 5.07. The van der Waals surface area contributed by atoms with Gasteiger partial charge in [0, 0.05) is 0 Å². The third kappa shape index (κ3) is 0.936. The predicted molar refractivity (Wildman–Crippen MR) is 41.6 cm³/mol. The van der Waals surface area contributed by atoms with Gasteiger partial charge in [0.2, 0.25) is 0 Å². The maximum absolute atomic E-state index is 9.82. The monoisotopic (exact) mass is 190 g/mol. The molecule has 0 aromatic carbocycles. The van der Waals surface area contributed by atoms with Crippen molar-refractivity contribution in [1.29, 1.82) is 0 Å². The molecular weight excluding hydrogens is 176 g/mol. The molecule has 0 amide bonds. The minimum absolute atomic E-state index is 0.272. The summed E-state index contributed by atoms with van der Waals surface area (Å²) in [4.78, 5) is 0. The van der Waals surface area contributed by atoms with Crippen LogP contribution in [0.1, 0.15) is 6.92 Å². The van der Waals surface area contributed by atoms with Gasteiger partial charge in [0.1, 0.15) is 0 Å². The SMILES string of the molecule is CC1OC2(O)C(CO)C(O)C(O)C12. The van der Waals surface area contributed by atoms with Crippen LogP contribution in [0.5, 0.6) is 0 Å². The summed E-state index contributed by atoms with van der Waals surface area (Å²) >= 11 is 0. The third-order valence-electron chi connectivity index (χ3n) is 3.22. The summed E-state index contributed by atoms with van der Waals surface area (Å²) in [5.41, 5.74) is 0. The maximum atomic E-state index is 9.82. The first kappa shape index (κ1) is 9.36. The summed E-state index contributed by atoms with van der Waals surface area (Å²) in [5, 5.41) is 37.7. The largest absolute Gasteiger partial charge is 0.396 e. The van der Waals surface area contributed by atoms with E-state index in [0.29, 0.717) is 0 Å². The fourth-order valence-electron chi connectivity index (χ4n) is 2.50. The van der Waals surface area contributed by atoms with E-state index in [0.717, 1.165) is 0 Å². The number of fused-ring (bicyclic) bond motifs is 1. The summed E-state index contributed by atoms with van der Waals surface area (Å²) in [6.45, 7) is 1.33. The zero-order valence-electron chi connectivity index (χ0n) is 7.29. The van der Waals surface area contributed by atoms with Gasteiger partial charge in [-0.2, -0.15) is 0 Å². The Morgan fingerprint density at radius 2 is 1.92 bits per heavy atom. The van der Waals surface area contributed by atoms with Crippen LogP contribution in [0.15, 0.2) is 0 Å². The lowest BCUT2D eigenvalue weighted by Crippen LogP contribution is -2.61. The highest BCUT2D eigenvalue weighted by atomic mass is 16.7. The van der Waals surface area contributed by atoms with Gasteiger partial charge in [-0.3, -0.25) is 0 Å². The van der Waals surface area contributed by atoms with Crippen LogP contribution in [-0.2, 0) is 4.74 Å². The summed E-state index contributed by atoms with van der Waals surface area (Å²) in [6.07, 6.45) is -2.39. The Kier molecular flexibility index (Phi) is 1.91. The third-order valence-corrected chi connectivity index (χ3v) is 3.22. The Morgan fingerprint density at radius 3 is 2.31 bits per heavy atom. The first-order chi connectivity index (χ1) is 6.02. The molecule has 1 saturated heterocycles. The minimum atomic E-state index is -1.53. The van der Waals surface area contributed by atoms with E-state index in [1.807, 2.05) is 0 Å². The van der Waals surface area contributed by atoms with Gasteiger partial charge in [-0.15, -0.1) is 0 Å². The van der Waals surface area contributed by atoms with Gasteiger partial charge in [-0.05, 0) is 6.92 Å². The highest BCUT2D eigenvalue weighted by Gasteiger charge is 2.68. The Labute approximate surface area is 75.6 Å². The van der Waals surface area contributed by atoms with Crippen molar-refractivity contribution in [3.63, 3.8) is 0 Å². The lowest BCUT2D eigenvalue weighted by atomic mass is 9.85. The van der Waals surface area contributed by atoms with Gasteiger partial charge in [-0.1, -0.05) is 0 Å². The molecule has 0 spiro atoms. The number of aliphatic hydroxyl groups excluding tert-OH is 3. The Balaban J connectivity index is 2.25. The van der Waals surface area contributed by atoms with Crippen LogP contribution in [0.2, 0.25) is 0 Å². The number of aliphatic hydroxyl groups is 4. The first-order valence-corrected chi connectivity index (χ1v) is 4.39. The lowest BCUT2D eigenvalue weighted by Gasteiger charge is -2.48. The van der Waals surface area contributed by atoms with E-state index in [1.54, 1.807) is 6.92 Å². The van der Waals surface area contributed by atoms with Crippen molar-refractivity contribution in [2.45, 2.75) is 31.0 Å². The fourth-order valence-corrected chi connectivity index (χ4v) is 2.50. The average molecular weight is 190 g/mol. The standard InChI is InChI=1S/C8H14O5/c1-3-5-7(11)6(10)4(2-9)8(5,12)13-3/h3-7,9-12H,2H2,1H3. The van der Waals surface area contributed by atoms with Crippen LogP contribution in [0.25, 0.3) is 0 Å². The maximum Gasteiger partial charge on any atom is 0.181 e. The lowest BCUT2D eigenvalue weighted by molar-refractivity contribution is -0.375. The Hall–Kier alpha value is -0.200. The molecular formula is C8H14O5. The van der Waals surface area contributed by atoms with Crippen molar-refractivity contribution in [2.75, 3.05) is 6.61 Å². The minimum Gasteiger partial charge on any atom is -0.396 e. The molecule has 2 fully saturated rings. The normalized spacial score (nSPS) is 60.2. The molecule has 76 valence electrons. The van der Waals surface area contributed by atoms with Crippen molar-refractivity contribution in [2.24, 2.45) is 11.8 Å². The molecule has 0 aromatic rings. The fraction of sp³-hybridized carbons (Fsp3) is 1.00. The molecule has 1 heterocycles. The van der Waals surface area contributed by atoms with Crippen molar-refractivity contribution in [3.8, 4) is 0 Å². The van der Waals surface area contributed by atoms with Gasteiger partial charge in [-0.25, -0.2) is 0 Å². The van der Waals surface area contributed by atoms with E-state index in [1.165, 1.54) is 0 Å². The number of hydrogen-bond acceptors (Lipinski definition) is 5. The van der Waals surface area contributed by atoms with Gasteiger partial charge in [0.15, 0.2) is 5.79 Å². The molecule has 6 unspecified atom stereocenters. The molecule has 13 heavy (non-hydrogen) atoms. The summed E-state index contributed by atoms with van der Waals surface area (Å²) in [6, 6.07) is 0. The van der Waals surface area contributed by atoms with Gasteiger partial charge >= 0.3 is 0 Å². The molecule has 2 rings (SSSR count). The molecule has 1 aliphatic carbocycles. The average Bonchev–Trinajstić information content (AvgIpc) is 2.17. The van der Waals surface area contributed by atoms with Gasteiger partial charge < -0.3 is 25.2 Å². The highest BCUT2D eigenvalue weighted by molar-refractivity contribution is 5.10. The second-order valence-corrected chi connectivity index (χ2v) is 3.87. The molecule has 1 saturated carbocycles. The van der Waals surface area contributed by atoms with E-state index in [9.17, 15) is 15.3 Å². The quantitative estimate of drug-likeness (QED) is 0.386. The molecule has 6 atom stereocenters. The second-order valence-electron chi connectivity index (χ2n) is 3.87. The van der Waals surface area contributed by atoms with E-state index >= 15 is 0 Å². The smallest absolute Gasteiger partial charge is 0.181 e. The molecule has 1 aliphatic heterocycles. The molecule has 5 nitrogen and oxygen atoms in total. The Morgan fingerprint density at radius 1 is 1.31 bits per heavy atom. The van der Waals surface area contributed by atoms with Crippen molar-refractivity contribution >= 4 is 0 Å². The molecule has 4 N–H and O–H groups in total. The van der Waals surface area contributed by atoms with E-state index < -0.39 is 36.4 Å². The summed E-state index contributed by atoms with van der Waals surface area (Å²) in [7, 11) is 0. The van der Waals surface area contributed by atoms with Crippen LogP contribution >= 0.6 is 0 Å². The summed E-state index contributed by atoms with van der Waals surface area (Å²) in [5.74, 6) is -2.82. The molecule has 0 bridgehead atoms. The van der Waals surface area contributed by atoms with Crippen LogP contribution in [0.4, 0.5) is 0 Å². The zero-order valence-corrected chi connectivity index (χ0v) is 7.29. The Bertz CT molecular complexity index is 209. The first-order valence-electron chi connectivity index (χ1n) is 4.39. The predicted octanol–water partition coefficient (Wildman–Crippen LogP) is -1.95. The van der Waals surface area contributed by atoms with Crippen LogP contribution < -0.4 is 0 Å². The molecule has 0 aromatic heterocycles. The van der Waals surface area contributed by atoms with Crippen molar-refractivity contribution in [3.05, 3.63) is 0 Å². The van der Waals surface area contributed by atoms with Crippen molar-refractivity contribution < 1.29 is 25.2 Å². The number of ether oxygens (including phenoxy) is 1. The number of rotatable bonds is 1. The number of hydrogen-bond donors (Lipinski definition) is 4.